The van der Waals surface area contributed by atoms with E-state index in [0.29, 0.717) is 19.3 Å². The van der Waals surface area contributed by atoms with E-state index in [9.17, 15) is 14.4 Å². The Bertz CT molecular complexity index is 872. The average Bonchev–Trinajstić information content (AvgIpc) is 3.21. The Kier molecular flexibility index (Phi) is 45.2. The predicted octanol–water partition coefficient (Wildman–Crippen LogP) is 16.7. The minimum Gasteiger partial charge on any atom is -0.462 e. The second-order valence-electron chi connectivity index (χ2n) is 18.3. The fourth-order valence-electron chi connectivity index (χ4n) is 7.86. The molecule has 1 atom stereocenters. The smallest absolute Gasteiger partial charge is 0.306 e. The van der Waals surface area contributed by atoms with E-state index in [4.69, 9.17) is 14.2 Å². The average molecular weight is 821 g/mol. The van der Waals surface area contributed by atoms with Crippen molar-refractivity contribution in [3.63, 3.8) is 0 Å². The third-order valence-corrected chi connectivity index (χ3v) is 11.8. The summed E-state index contributed by atoms with van der Waals surface area (Å²) in [5, 5.41) is 0. The number of esters is 3. The molecule has 0 unspecified atom stereocenters. The van der Waals surface area contributed by atoms with Gasteiger partial charge in [0.15, 0.2) is 6.10 Å². The molecule has 0 amide bonds. The van der Waals surface area contributed by atoms with Gasteiger partial charge in [0.1, 0.15) is 13.2 Å². The van der Waals surface area contributed by atoms with E-state index in [0.717, 1.165) is 70.1 Å². The summed E-state index contributed by atoms with van der Waals surface area (Å²) in [6.07, 6.45) is 48.4. The van der Waals surface area contributed by atoms with E-state index in [1.54, 1.807) is 0 Å². The molecule has 0 radical (unpaired) electrons. The second-order valence-corrected chi connectivity index (χ2v) is 18.3. The van der Waals surface area contributed by atoms with Gasteiger partial charge in [-0.05, 0) is 25.2 Å². The summed E-state index contributed by atoms with van der Waals surface area (Å²) in [6, 6.07) is 0. The van der Waals surface area contributed by atoms with Crippen LogP contribution in [0.4, 0.5) is 0 Å². The molecule has 0 aromatic rings. The summed E-state index contributed by atoms with van der Waals surface area (Å²) in [4.78, 5) is 37.6. The van der Waals surface area contributed by atoms with Crippen molar-refractivity contribution in [2.75, 3.05) is 13.2 Å². The zero-order valence-corrected chi connectivity index (χ0v) is 39.5. The number of carbonyl (C=O) groups is 3. The Morgan fingerprint density at radius 2 is 0.569 bits per heavy atom. The van der Waals surface area contributed by atoms with Crippen LogP contribution < -0.4 is 0 Å². The number of hydrogen-bond acceptors (Lipinski definition) is 6. The van der Waals surface area contributed by atoms with Crippen LogP contribution in [0.15, 0.2) is 0 Å². The van der Waals surface area contributed by atoms with Gasteiger partial charge in [0, 0.05) is 19.3 Å². The maximum absolute atomic E-state index is 12.7. The minimum absolute atomic E-state index is 0.0637. The Morgan fingerprint density at radius 3 is 0.845 bits per heavy atom. The van der Waals surface area contributed by atoms with Gasteiger partial charge in [-0.15, -0.1) is 0 Å². The topological polar surface area (TPSA) is 78.9 Å². The van der Waals surface area contributed by atoms with Crippen LogP contribution in [0.3, 0.4) is 0 Å². The van der Waals surface area contributed by atoms with Crippen molar-refractivity contribution >= 4 is 17.9 Å². The molecule has 0 fully saturated rings. The first kappa shape index (κ1) is 56.4. The summed E-state index contributed by atoms with van der Waals surface area (Å²) in [5.41, 5.74) is 0. The molecule has 344 valence electrons. The number of hydrogen-bond donors (Lipinski definition) is 0. The first-order chi connectivity index (χ1) is 28.4. The zero-order chi connectivity index (χ0) is 42.4. The molecule has 0 bridgehead atoms. The van der Waals surface area contributed by atoms with E-state index >= 15 is 0 Å². The lowest BCUT2D eigenvalue weighted by atomic mass is 10.0. The van der Waals surface area contributed by atoms with Gasteiger partial charge >= 0.3 is 17.9 Å². The van der Waals surface area contributed by atoms with Crippen molar-refractivity contribution in [1.29, 1.82) is 0 Å². The monoisotopic (exact) mass is 821 g/mol. The first-order valence-electron chi connectivity index (χ1n) is 25.9. The highest BCUT2D eigenvalue weighted by Gasteiger charge is 2.19. The molecule has 0 saturated heterocycles. The van der Waals surface area contributed by atoms with Crippen LogP contribution in [0.5, 0.6) is 0 Å². The van der Waals surface area contributed by atoms with Crippen molar-refractivity contribution in [3.05, 3.63) is 0 Å². The number of ether oxygens (including phenoxy) is 3. The minimum atomic E-state index is -0.758. The van der Waals surface area contributed by atoms with Crippen molar-refractivity contribution in [2.45, 2.75) is 297 Å². The van der Waals surface area contributed by atoms with Crippen LogP contribution in [0.25, 0.3) is 0 Å². The highest BCUT2D eigenvalue weighted by atomic mass is 16.6. The van der Waals surface area contributed by atoms with Gasteiger partial charge in [-0.3, -0.25) is 14.4 Å². The van der Waals surface area contributed by atoms with Gasteiger partial charge < -0.3 is 14.2 Å². The molecule has 0 N–H and O–H groups in total. The van der Waals surface area contributed by atoms with Crippen molar-refractivity contribution < 1.29 is 28.6 Å². The van der Waals surface area contributed by atoms with E-state index in [1.165, 1.54) is 180 Å². The van der Waals surface area contributed by atoms with E-state index in [1.807, 2.05) is 0 Å². The van der Waals surface area contributed by atoms with Crippen molar-refractivity contribution in [3.8, 4) is 0 Å². The zero-order valence-electron chi connectivity index (χ0n) is 39.5. The van der Waals surface area contributed by atoms with Gasteiger partial charge in [-0.2, -0.15) is 0 Å². The molecule has 0 aromatic carbocycles. The molecular formula is C52H100O6. The van der Waals surface area contributed by atoms with Gasteiger partial charge in [0.25, 0.3) is 0 Å². The SMILES string of the molecule is CCCCCCCCCCCCCCCCC(=O)O[C@@H](COC(=O)CCCCCCC)COC(=O)CCCCCCCCCCCCCCCCCCCCC(C)C. The molecule has 6 nitrogen and oxygen atoms in total. The number of rotatable bonds is 47. The summed E-state index contributed by atoms with van der Waals surface area (Å²) in [7, 11) is 0. The number of unbranched alkanes of at least 4 members (excludes halogenated alkanes) is 34. The maximum Gasteiger partial charge on any atom is 0.306 e. The van der Waals surface area contributed by atoms with Gasteiger partial charge in [0.2, 0.25) is 0 Å². The summed E-state index contributed by atoms with van der Waals surface area (Å²) < 4.78 is 16.7. The van der Waals surface area contributed by atoms with Crippen LogP contribution in [0.2, 0.25) is 0 Å². The Morgan fingerprint density at radius 1 is 0.328 bits per heavy atom. The molecule has 0 spiro atoms. The Labute approximate surface area is 361 Å². The fraction of sp³-hybridized carbons (Fsp3) is 0.942. The predicted molar refractivity (Wildman–Crippen MR) is 247 cm³/mol. The van der Waals surface area contributed by atoms with E-state index in [-0.39, 0.29) is 31.1 Å². The quantitative estimate of drug-likeness (QED) is 0.0346. The molecule has 58 heavy (non-hydrogen) atoms. The standard InChI is InChI=1S/C52H100O6/c1-5-7-9-11-12-13-14-15-23-27-30-33-37-41-45-52(55)58-49(46-56-50(53)43-39-34-10-8-6-2)47-57-51(54)44-40-36-32-29-26-24-21-19-17-16-18-20-22-25-28-31-35-38-42-48(3)4/h48-49H,5-47H2,1-4H3/t49-/m0/s1. The lowest BCUT2D eigenvalue weighted by molar-refractivity contribution is -0.167. The lowest BCUT2D eigenvalue weighted by Gasteiger charge is -2.18. The normalized spacial score (nSPS) is 11.9. The first-order valence-corrected chi connectivity index (χ1v) is 25.9. The van der Waals surface area contributed by atoms with E-state index in [2.05, 4.69) is 27.7 Å². The molecule has 0 aliphatic rings. The molecule has 0 aliphatic heterocycles. The maximum atomic E-state index is 12.7. The van der Waals surface area contributed by atoms with E-state index < -0.39 is 6.10 Å². The van der Waals surface area contributed by atoms with Gasteiger partial charge in [0.05, 0.1) is 0 Å². The van der Waals surface area contributed by atoms with Gasteiger partial charge in [-0.1, -0.05) is 252 Å². The summed E-state index contributed by atoms with van der Waals surface area (Å²) in [6.45, 7) is 8.97. The summed E-state index contributed by atoms with van der Waals surface area (Å²) in [5.74, 6) is -0.000264. The fourth-order valence-corrected chi connectivity index (χ4v) is 7.86. The molecule has 6 heteroatoms. The third-order valence-electron chi connectivity index (χ3n) is 11.8. The van der Waals surface area contributed by atoms with Crippen molar-refractivity contribution in [1.82, 2.24) is 0 Å². The van der Waals surface area contributed by atoms with Crippen molar-refractivity contribution in [2.24, 2.45) is 5.92 Å². The van der Waals surface area contributed by atoms with Crippen LogP contribution >= 0.6 is 0 Å². The van der Waals surface area contributed by atoms with Gasteiger partial charge in [-0.25, -0.2) is 0 Å². The third kappa shape index (κ3) is 45.5. The molecule has 0 aliphatic carbocycles. The molecule has 0 aromatic heterocycles. The van der Waals surface area contributed by atoms with Crippen LogP contribution in [-0.4, -0.2) is 37.2 Å². The molecular weight excluding hydrogens is 721 g/mol. The Hall–Kier alpha value is -1.59. The summed E-state index contributed by atoms with van der Waals surface area (Å²) >= 11 is 0. The molecule has 0 rings (SSSR count). The van der Waals surface area contributed by atoms with Crippen LogP contribution in [0, 0.1) is 5.92 Å². The largest absolute Gasteiger partial charge is 0.462 e. The number of carbonyl (C=O) groups excluding carboxylic acids is 3. The highest BCUT2D eigenvalue weighted by Crippen LogP contribution is 2.17. The van der Waals surface area contributed by atoms with Crippen LogP contribution in [0.1, 0.15) is 291 Å². The Balaban J connectivity index is 4.06. The molecule has 0 saturated carbocycles. The highest BCUT2D eigenvalue weighted by molar-refractivity contribution is 5.71. The molecule has 0 heterocycles. The lowest BCUT2D eigenvalue weighted by Crippen LogP contribution is -2.30. The van der Waals surface area contributed by atoms with Crippen LogP contribution in [-0.2, 0) is 28.6 Å². The second kappa shape index (κ2) is 46.5.